The van der Waals surface area contributed by atoms with Gasteiger partial charge in [0, 0.05) is 38.7 Å². The van der Waals surface area contributed by atoms with Gasteiger partial charge >= 0.3 is 5.97 Å². The average molecular weight is 395 g/mol. The summed E-state index contributed by atoms with van der Waals surface area (Å²) in [6.45, 7) is 4.52. The van der Waals surface area contributed by atoms with Crippen LogP contribution in [0.15, 0.2) is 59.5 Å². The van der Waals surface area contributed by atoms with E-state index in [0.717, 1.165) is 11.9 Å². The van der Waals surface area contributed by atoms with Crippen LogP contribution in [0.25, 0.3) is 10.9 Å². The van der Waals surface area contributed by atoms with Crippen molar-refractivity contribution < 1.29 is 9.53 Å². The van der Waals surface area contributed by atoms with Crippen LogP contribution in [-0.2, 0) is 16.0 Å². The molecule has 5 heteroatoms. The number of carbonyl (C=O) groups is 1. The summed E-state index contributed by atoms with van der Waals surface area (Å²) in [6.07, 6.45) is 1.54. The minimum Gasteiger partial charge on any atom is -0.468 e. The summed E-state index contributed by atoms with van der Waals surface area (Å²) >= 11 is 1.87. The zero-order valence-electron chi connectivity index (χ0n) is 16.5. The molecule has 0 fully saturated rings. The Morgan fingerprint density at radius 1 is 1.14 bits per heavy atom. The van der Waals surface area contributed by atoms with Crippen LogP contribution in [0.4, 0.5) is 0 Å². The lowest BCUT2D eigenvalue weighted by atomic mass is 9.89. The van der Waals surface area contributed by atoms with E-state index in [9.17, 15) is 4.79 Å². The van der Waals surface area contributed by atoms with Crippen LogP contribution in [-0.4, -0.2) is 28.9 Å². The highest BCUT2D eigenvalue weighted by atomic mass is 32.2. The van der Waals surface area contributed by atoms with E-state index >= 15 is 0 Å². The average Bonchev–Trinajstić information content (AvgIpc) is 3.06. The Morgan fingerprint density at radius 2 is 1.86 bits per heavy atom. The van der Waals surface area contributed by atoms with Gasteiger partial charge in [0.1, 0.15) is 6.04 Å². The number of para-hydroxylation sites is 1. The van der Waals surface area contributed by atoms with Crippen LogP contribution in [0.2, 0.25) is 0 Å². The van der Waals surface area contributed by atoms with Gasteiger partial charge in [-0.25, -0.2) is 0 Å². The Hall–Kier alpha value is -2.24. The van der Waals surface area contributed by atoms with Crippen molar-refractivity contribution in [3.63, 3.8) is 0 Å². The Balaban J connectivity index is 1.66. The first-order chi connectivity index (χ1) is 13.5. The summed E-state index contributed by atoms with van der Waals surface area (Å²) in [5, 5.41) is 4.74. The SMILES string of the molecule is COC(=O)[C@@H]1Cc2c([nH]c3ccccc23)[C@H](CC(C)(C)Sc2ccccc2)N1. The van der Waals surface area contributed by atoms with Crippen molar-refractivity contribution in [2.24, 2.45) is 0 Å². The van der Waals surface area contributed by atoms with Gasteiger partial charge in [0.15, 0.2) is 0 Å². The molecule has 0 amide bonds. The molecule has 2 N–H and O–H groups in total. The molecule has 0 spiro atoms. The van der Waals surface area contributed by atoms with Crippen LogP contribution in [0.5, 0.6) is 0 Å². The Labute approximate surface area is 170 Å². The number of rotatable bonds is 5. The minimum absolute atomic E-state index is 0.00834. The van der Waals surface area contributed by atoms with Crippen molar-refractivity contribution >= 4 is 28.6 Å². The lowest BCUT2D eigenvalue weighted by molar-refractivity contribution is -0.143. The number of ether oxygens (including phenoxy) is 1. The molecule has 0 bridgehead atoms. The number of nitrogens with one attached hydrogen (secondary N) is 2. The van der Waals surface area contributed by atoms with Crippen molar-refractivity contribution in [1.29, 1.82) is 0 Å². The second-order valence-corrected chi connectivity index (χ2v) is 9.72. The number of hydrogen-bond acceptors (Lipinski definition) is 4. The van der Waals surface area contributed by atoms with E-state index in [0.29, 0.717) is 6.42 Å². The van der Waals surface area contributed by atoms with E-state index in [-0.39, 0.29) is 22.8 Å². The molecule has 3 aromatic rings. The van der Waals surface area contributed by atoms with E-state index in [4.69, 9.17) is 4.74 Å². The molecular formula is C23H26N2O2S. The summed E-state index contributed by atoms with van der Waals surface area (Å²) < 4.78 is 5.04. The summed E-state index contributed by atoms with van der Waals surface area (Å²) in [5.74, 6) is -0.200. The van der Waals surface area contributed by atoms with E-state index in [1.54, 1.807) is 0 Å². The third-order valence-corrected chi connectivity index (χ3v) is 6.55. The van der Waals surface area contributed by atoms with Gasteiger partial charge in [0.2, 0.25) is 0 Å². The van der Waals surface area contributed by atoms with Gasteiger partial charge in [-0.15, -0.1) is 11.8 Å². The number of benzene rings is 2. The number of carbonyl (C=O) groups excluding carboxylic acids is 1. The maximum atomic E-state index is 12.3. The first-order valence-corrected chi connectivity index (χ1v) is 10.5. The molecule has 1 aliphatic rings. The van der Waals surface area contributed by atoms with E-state index in [1.807, 2.05) is 23.9 Å². The minimum atomic E-state index is -0.320. The molecular weight excluding hydrogens is 368 g/mol. The largest absolute Gasteiger partial charge is 0.468 e. The fourth-order valence-electron chi connectivity index (χ4n) is 4.12. The van der Waals surface area contributed by atoms with Crippen molar-refractivity contribution in [3.05, 3.63) is 65.9 Å². The van der Waals surface area contributed by atoms with Gasteiger partial charge in [0.05, 0.1) is 7.11 Å². The van der Waals surface area contributed by atoms with Gasteiger partial charge in [-0.1, -0.05) is 50.2 Å². The molecule has 0 saturated heterocycles. The highest BCUT2D eigenvalue weighted by Gasteiger charge is 2.36. The third-order valence-electron chi connectivity index (χ3n) is 5.32. The smallest absolute Gasteiger partial charge is 0.323 e. The van der Waals surface area contributed by atoms with Crippen molar-refractivity contribution in [2.45, 2.75) is 48.4 Å². The van der Waals surface area contributed by atoms with Crippen LogP contribution < -0.4 is 5.32 Å². The molecule has 2 aromatic carbocycles. The summed E-state index contributed by atoms with van der Waals surface area (Å²) in [5.41, 5.74) is 3.55. The molecule has 28 heavy (non-hydrogen) atoms. The van der Waals surface area contributed by atoms with Gasteiger partial charge in [-0.3, -0.25) is 10.1 Å². The van der Waals surface area contributed by atoms with Gasteiger partial charge in [-0.2, -0.15) is 0 Å². The van der Waals surface area contributed by atoms with Gasteiger partial charge in [0.25, 0.3) is 0 Å². The number of fused-ring (bicyclic) bond motifs is 3. The van der Waals surface area contributed by atoms with Crippen molar-refractivity contribution in [1.82, 2.24) is 10.3 Å². The predicted molar refractivity (Wildman–Crippen MR) is 115 cm³/mol. The fourth-order valence-corrected chi connectivity index (χ4v) is 5.30. The maximum Gasteiger partial charge on any atom is 0.323 e. The number of thioether (sulfide) groups is 1. The second-order valence-electron chi connectivity index (χ2n) is 7.94. The molecule has 0 saturated carbocycles. The molecule has 4 rings (SSSR count). The Kier molecular flexibility index (Phi) is 5.21. The lowest BCUT2D eigenvalue weighted by Gasteiger charge is -2.35. The molecule has 1 aromatic heterocycles. The maximum absolute atomic E-state index is 12.3. The molecule has 0 unspecified atom stereocenters. The topological polar surface area (TPSA) is 54.1 Å². The monoisotopic (exact) mass is 394 g/mol. The highest BCUT2D eigenvalue weighted by molar-refractivity contribution is 8.00. The zero-order valence-corrected chi connectivity index (χ0v) is 17.3. The van der Waals surface area contributed by atoms with E-state index in [1.165, 1.54) is 28.6 Å². The van der Waals surface area contributed by atoms with Gasteiger partial charge < -0.3 is 9.72 Å². The number of hydrogen-bond donors (Lipinski definition) is 2. The Morgan fingerprint density at radius 3 is 2.61 bits per heavy atom. The number of methoxy groups -OCH3 is 1. The predicted octanol–water partition coefficient (Wildman–Crippen LogP) is 4.86. The van der Waals surface area contributed by atoms with Crippen molar-refractivity contribution in [3.8, 4) is 0 Å². The first kappa shape index (κ1) is 19.1. The molecule has 2 heterocycles. The molecule has 0 aliphatic carbocycles. The molecule has 0 radical (unpaired) electrons. The second kappa shape index (κ2) is 7.64. The third kappa shape index (κ3) is 3.82. The molecule has 4 nitrogen and oxygen atoms in total. The zero-order chi connectivity index (χ0) is 19.7. The first-order valence-electron chi connectivity index (χ1n) is 9.64. The Bertz CT molecular complexity index is 981. The van der Waals surface area contributed by atoms with Crippen molar-refractivity contribution in [2.75, 3.05) is 7.11 Å². The fraction of sp³-hybridized carbons (Fsp3) is 0.348. The molecule has 146 valence electrons. The van der Waals surface area contributed by atoms with Crippen LogP contribution in [0.1, 0.15) is 37.6 Å². The van der Waals surface area contributed by atoms with Crippen LogP contribution in [0, 0.1) is 0 Å². The summed E-state index contributed by atoms with van der Waals surface area (Å²) in [4.78, 5) is 17.2. The quantitative estimate of drug-likeness (QED) is 0.479. The van der Waals surface area contributed by atoms with E-state index < -0.39 is 0 Å². The highest BCUT2D eigenvalue weighted by Crippen LogP contribution is 2.42. The number of esters is 1. The number of aromatic amines is 1. The normalized spacial score (nSPS) is 19.4. The lowest BCUT2D eigenvalue weighted by Crippen LogP contribution is -2.46. The van der Waals surface area contributed by atoms with Crippen LogP contribution in [0.3, 0.4) is 0 Å². The summed E-state index contributed by atoms with van der Waals surface area (Å²) in [6, 6.07) is 18.5. The summed E-state index contributed by atoms with van der Waals surface area (Å²) in [7, 11) is 1.46. The van der Waals surface area contributed by atoms with E-state index in [2.05, 4.69) is 66.6 Å². The number of H-pyrrole nitrogens is 1. The molecule has 1 aliphatic heterocycles. The van der Waals surface area contributed by atoms with Crippen LogP contribution >= 0.6 is 11.8 Å². The van der Waals surface area contributed by atoms with Gasteiger partial charge in [-0.05, 0) is 30.2 Å². The number of aromatic nitrogens is 1. The standard InChI is InChI=1S/C23H26N2O2S/c1-23(2,28-15-9-5-4-6-10-15)14-20-21-17(13-19(24-20)22(26)27-3)16-11-7-8-12-18(16)25-21/h4-12,19-20,24-25H,13-14H2,1-3H3/t19-,20-/m0/s1. The molecule has 2 atom stereocenters.